The summed E-state index contributed by atoms with van der Waals surface area (Å²) in [6.07, 6.45) is 1.81. The minimum atomic E-state index is -0.283. The Labute approximate surface area is 133 Å². The van der Waals surface area contributed by atoms with Gasteiger partial charge in [0.15, 0.2) is 0 Å². The maximum Gasteiger partial charge on any atom is 0.139 e. The SMILES string of the molecule is CC(C)(C)Nc1c(-c2cccc(F)c2)nc2ccc(Cl)cn12. The van der Waals surface area contributed by atoms with Crippen LogP contribution in [0.25, 0.3) is 16.9 Å². The molecule has 2 aromatic heterocycles. The zero-order chi connectivity index (χ0) is 15.9. The topological polar surface area (TPSA) is 29.3 Å². The highest BCUT2D eigenvalue weighted by molar-refractivity contribution is 6.30. The number of aromatic nitrogens is 2. The molecule has 0 radical (unpaired) electrons. The van der Waals surface area contributed by atoms with Gasteiger partial charge in [0.1, 0.15) is 23.0 Å². The van der Waals surface area contributed by atoms with Crippen molar-refractivity contribution >= 4 is 23.1 Å². The molecule has 0 saturated heterocycles. The Bertz CT molecular complexity index is 834. The van der Waals surface area contributed by atoms with Crippen molar-refractivity contribution in [3.05, 3.63) is 53.4 Å². The number of imidazole rings is 1. The molecule has 22 heavy (non-hydrogen) atoms. The lowest BCUT2D eigenvalue weighted by Crippen LogP contribution is -2.27. The van der Waals surface area contributed by atoms with E-state index in [2.05, 4.69) is 31.1 Å². The highest BCUT2D eigenvalue weighted by Crippen LogP contribution is 2.31. The van der Waals surface area contributed by atoms with Crippen LogP contribution in [0.5, 0.6) is 0 Å². The van der Waals surface area contributed by atoms with Gasteiger partial charge in [-0.3, -0.25) is 4.40 Å². The highest BCUT2D eigenvalue weighted by atomic mass is 35.5. The summed E-state index contributed by atoms with van der Waals surface area (Å²) in [5.74, 6) is 0.518. The van der Waals surface area contributed by atoms with Crippen molar-refractivity contribution in [3.8, 4) is 11.3 Å². The second-order valence-electron chi connectivity index (χ2n) is 6.27. The van der Waals surface area contributed by atoms with E-state index in [-0.39, 0.29) is 11.4 Å². The largest absolute Gasteiger partial charge is 0.365 e. The first kappa shape index (κ1) is 14.9. The molecule has 0 aliphatic carbocycles. The Balaban J connectivity index is 2.26. The zero-order valence-electron chi connectivity index (χ0n) is 12.7. The van der Waals surface area contributed by atoms with Crippen LogP contribution in [0.4, 0.5) is 10.2 Å². The summed E-state index contributed by atoms with van der Waals surface area (Å²) in [4.78, 5) is 4.62. The summed E-state index contributed by atoms with van der Waals surface area (Å²) in [6.45, 7) is 6.19. The maximum atomic E-state index is 13.6. The van der Waals surface area contributed by atoms with Gasteiger partial charge in [0.25, 0.3) is 0 Å². The highest BCUT2D eigenvalue weighted by Gasteiger charge is 2.19. The van der Waals surface area contributed by atoms with Gasteiger partial charge in [0, 0.05) is 17.3 Å². The number of anilines is 1. The molecule has 5 heteroatoms. The normalized spacial score (nSPS) is 11.9. The van der Waals surface area contributed by atoms with Crippen LogP contribution < -0.4 is 5.32 Å². The van der Waals surface area contributed by atoms with Crippen molar-refractivity contribution in [2.45, 2.75) is 26.3 Å². The molecule has 3 rings (SSSR count). The lowest BCUT2D eigenvalue weighted by molar-refractivity contribution is 0.627. The molecule has 0 amide bonds. The van der Waals surface area contributed by atoms with E-state index in [1.165, 1.54) is 12.1 Å². The molecule has 1 N–H and O–H groups in total. The van der Waals surface area contributed by atoms with Crippen LogP contribution in [0, 0.1) is 5.82 Å². The molecule has 2 heterocycles. The van der Waals surface area contributed by atoms with Gasteiger partial charge < -0.3 is 5.32 Å². The van der Waals surface area contributed by atoms with E-state index in [1.807, 2.05) is 16.5 Å². The third-order valence-corrected chi connectivity index (χ3v) is 3.40. The quantitative estimate of drug-likeness (QED) is 0.720. The van der Waals surface area contributed by atoms with Crippen LogP contribution in [0.1, 0.15) is 20.8 Å². The van der Waals surface area contributed by atoms with Crippen molar-refractivity contribution in [2.75, 3.05) is 5.32 Å². The molecule has 3 nitrogen and oxygen atoms in total. The second-order valence-corrected chi connectivity index (χ2v) is 6.71. The second kappa shape index (κ2) is 5.29. The van der Waals surface area contributed by atoms with Gasteiger partial charge in [-0.15, -0.1) is 0 Å². The van der Waals surface area contributed by atoms with Crippen LogP contribution in [0.2, 0.25) is 5.02 Å². The van der Waals surface area contributed by atoms with E-state index in [0.717, 1.165) is 17.0 Å². The Hall–Kier alpha value is -2.07. The first-order chi connectivity index (χ1) is 10.3. The van der Waals surface area contributed by atoms with Gasteiger partial charge in [-0.05, 0) is 45.0 Å². The first-order valence-electron chi connectivity index (χ1n) is 7.05. The first-order valence-corrected chi connectivity index (χ1v) is 7.43. The molecule has 114 valence electrons. The van der Waals surface area contributed by atoms with Gasteiger partial charge in [-0.2, -0.15) is 0 Å². The summed E-state index contributed by atoms with van der Waals surface area (Å²) in [5.41, 5.74) is 2.03. The van der Waals surface area contributed by atoms with Gasteiger partial charge in [-0.1, -0.05) is 23.7 Å². The van der Waals surface area contributed by atoms with Gasteiger partial charge in [0.2, 0.25) is 0 Å². The Kier molecular flexibility index (Phi) is 3.57. The summed E-state index contributed by atoms with van der Waals surface area (Å²) in [5, 5.41) is 4.06. The van der Waals surface area contributed by atoms with Crippen molar-refractivity contribution in [2.24, 2.45) is 0 Å². The Morgan fingerprint density at radius 1 is 1.18 bits per heavy atom. The smallest absolute Gasteiger partial charge is 0.139 e. The number of pyridine rings is 1. The van der Waals surface area contributed by atoms with Gasteiger partial charge in [-0.25, -0.2) is 9.37 Å². The summed E-state index contributed by atoms with van der Waals surface area (Å²) in [7, 11) is 0. The number of rotatable bonds is 2. The predicted molar refractivity (Wildman–Crippen MR) is 89.0 cm³/mol. The number of nitrogens with one attached hydrogen (secondary N) is 1. The zero-order valence-corrected chi connectivity index (χ0v) is 13.4. The molecule has 3 aromatic rings. The van der Waals surface area contributed by atoms with E-state index >= 15 is 0 Å². The molecule has 0 atom stereocenters. The van der Waals surface area contributed by atoms with Crippen molar-refractivity contribution in [3.63, 3.8) is 0 Å². The Morgan fingerprint density at radius 3 is 2.64 bits per heavy atom. The van der Waals surface area contributed by atoms with Crippen LogP contribution in [0.3, 0.4) is 0 Å². The standard InChI is InChI=1S/C17H17ClFN3/c1-17(2,3)21-16-15(11-5-4-6-13(19)9-11)20-14-8-7-12(18)10-22(14)16/h4-10,21H,1-3H3. The van der Waals surface area contributed by atoms with Crippen molar-refractivity contribution in [1.29, 1.82) is 0 Å². The summed E-state index contributed by atoms with van der Waals surface area (Å²) in [6, 6.07) is 10.1. The summed E-state index contributed by atoms with van der Waals surface area (Å²) < 4.78 is 15.5. The molecule has 0 aliphatic rings. The van der Waals surface area contributed by atoms with Crippen LogP contribution in [-0.2, 0) is 0 Å². The number of halogens is 2. The molecule has 0 spiro atoms. The lowest BCUT2D eigenvalue weighted by Gasteiger charge is -2.22. The third kappa shape index (κ3) is 2.92. The molecule has 0 saturated carbocycles. The predicted octanol–water partition coefficient (Wildman–Crippen LogP) is 5.00. The average Bonchev–Trinajstić information content (AvgIpc) is 2.75. The van der Waals surface area contributed by atoms with E-state index < -0.39 is 0 Å². The number of hydrogen-bond donors (Lipinski definition) is 1. The fraction of sp³-hybridized carbons (Fsp3) is 0.235. The minimum Gasteiger partial charge on any atom is -0.365 e. The van der Waals surface area contributed by atoms with Crippen LogP contribution >= 0.6 is 11.6 Å². The monoisotopic (exact) mass is 317 g/mol. The molecular formula is C17H17ClFN3. The fourth-order valence-electron chi connectivity index (χ4n) is 2.33. The number of benzene rings is 1. The van der Waals surface area contributed by atoms with Crippen molar-refractivity contribution in [1.82, 2.24) is 9.38 Å². The lowest BCUT2D eigenvalue weighted by atomic mass is 10.1. The van der Waals surface area contributed by atoms with Crippen molar-refractivity contribution < 1.29 is 4.39 Å². The number of hydrogen-bond acceptors (Lipinski definition) is 2. The summed E-state index contributed by atoms with van der Waals surface area (Å²) >= 11 is 6.11. The van der Waals surface area contributed by atoms with E-state index in [0.29, 0.717) is 10.7 Å². The molecule has 1 aromatic carbocycles. The number of nitrogens with zero attached hydrogens (tertiary/aromatic N) is 2. The molecule has 0 unspecified atom stereocenters. The molecular weight excluding hydrogens is 301 g/mol. The van der Waals surface area contributed by atoms with Crippen LogP contribution in [0.15, 0.2) is 42.6 Å². The third-order valence-electron chi connectivity index (χ3n) is 3.17. The van der Waals surface area contributed by atoms with E-state index in [1.54, 1.807) is 18.3 Å². The fourth-order valence-corrected chi connectivity index (χ4v) is 2.49. The minimum absolute atomic E-state index is 0.166. The molecule has 0 fully saturated rings. The number of fused-ring (bicyclic) bond motifs is 1. The Morgan fingerprint density at radius 2 is 1.95 bits per heavy atom. The van der Waals surface area contributed by atoms with Gasteiger partial charge >= 0.3 is 0 Å². The maximum absolute atomic E-state index is 13.6. The van der Waals surface area contributed by atoms with Crippen LogP contribution in [-0.4, -0.2) is 14.9 Å². The average molecular weight is 318 g/mol. The van der Waals surface area contributed by atoms with Gasteiger partial charge in [0.05, 0.1) is 5.02 Å². The van der Waals surface area contributed by atoms with E-state index in [4.69, 9.17) is 11.6 Å². The molecule has 0 bridgehead atoms. The van der Waals surface area contributed by atoms with E-state index in [9.17, 15) is 4.39 Å². The molecule has 0 aliphatic heterocycles.